The van der Waals surface area contributed by atoms with Crippen LogP contribution in [0.3, 0.4) is 0 Å². The average Bonchev–Trinajstić information content (AvgIpc) is 3.47. The van der Waals surface area contributed by atoms with Gasteiger partial charge in [0.2, 0.25) is 5.95 Å². The number of aryl methyl sites for hydroxylation is 1. The lowest BCUT2D eigenvalue weighted by Gasteiger charge is -2.35. The van der Waals surface area contributed by atoms with Crippen molar-refractivity contribution in [1.29, 1.82) is 0 Å². The van der Waals surface area contributed by atoms with Gasteiger partial charge in [0, 0.05) is 49.8 Å². The molecule has 0 bridgehead atoms. The van der Waals surface area contributed by atoms with Gasteiger partial charge < -0.3 is 15.0 Å². The van der Waals surface area contributed by atoms with Gasteiger partial charge in [0.25, 0.3) is 0 Å². The summed E-state index contributed by atoms with van der Waals surface area (Å²) in [6.45, 7) is 7.33. The summed E-state index contributed by atoms with van der Waals surface area (Å²) in [4.78, 5) is 14.3. The molecule has 1 N–H and O–H groups in total. The van der Waals surface area contributed by atoms with Gasteiger partial charge in [0.1, 0.15) is 5.82 Å². The number of aromatic nitrogens is 5. The fraction of sp³-hybridized carbons (Fsp3) is 0.731. The third-order valence-corrected chi connectivity index (χ3v) is 8.59. The van der Waals surface area contributed by atoms with Crippen molar-refractivity contribution in [2.24, 2.45) is 11.0 Å². The molecule has 2 aromatic heterocycles. The number of rotatable bonds is 5. The second-order valence-corrected chi connectivity index (χ2v) is 11.0. The van der Waals surface area contributed by atoms with Crippen molar-refractivity contribution in [2.45, 2.75) is 82.8 Å². The van der Waals surface area contributed by atoms with Gasteiger partial charge in [0.15, 0.2) is 0 Å². The van der Waals surface area contributed by atoms with E-state index in [0.717, 1.165) is 82.3 Å². The molecule has 3 fully saturated rings. The number of anilines is 2. The van der Waals surface area contributed by atoms with Crippen molar-refractivity contribution in [3.8, 4) is 0 Å². The second-order valence-electron chi connectivity index (χ2n) is 11.0. The van der Waals surface area contributed by atoms with Crippen LogP contribution in [0.1, 0.15) is 75.2 Å². The number of hydrazone groups is 1. The van der Waals surface area contributed by atoms with Gasteiger partial charge in [-0.2, -0.15) is 25.1 Å². The maximum atomic E-state index is 5.59. The van der Waals surface area contributed by atoms with E-state index < -0.39 is 0 Å². The first kappa shape index (κ1) is 23.6. The van der Waals surface area contributed by atoms with Crippen LogP contribution in [-0.2, 0) is 4.74 Å². The van der Waals surface area contributed by atoms with Gasteiger partial charge in [-0.3, -0.25) is 5.01 Å². The Kier molecular flexibility index (Phi) is 6.54. The summed E-state index contributed by atoms with van der Waals surface area (Å²) in [6, 6.07) is 3.51. The molecule has 2 aliphatic heterocycles. The summed E-state index contributed by atoms with van der Waals surface area (Å²) in [5.74, 6) is 2.83. The molecule has 4 aliphatic rings. The number of ether oxygens (including phenoxy) is 1. The quantitative estimate of drug-likeness (QED) is 0.677. The van der Waals surface area contributed by atoms with E-state index in [4.69, 9.17) is 19.8 Å². The zero-order valence-electron chi connectivity index (χ0n) is 21.8. The molecule has 3 unspecified atom stereocenters. The normalized spacial score (nSPS) is 30.8. The summed E-state index contributed by atoms with van der Waals surface area (Å²) >= 11 is 0. The van der Waals surface area contributed by atoms with E-state index in [1.165, 1.54) is 17.8 Å². The summed E-state index contributed by atoms with van der Waals surface area (Å²) < 4.78 is 5.59. The summed E-state index contributed by atoms with van der Waals surface area (Å²) in [5, 5.41) is 19.7. The topological polar surface area (TPSA) is 96.6 Å². The minimum Gasteiger partial charge on any atom is -0.378 e. The Morgan fingerprint density at radius 1 is 1.00 bits per heavy atom. The Hall–Kier alpha value is -2.75. The molecule has 10 nitrogen and oxygen atoms in total. The number of nitrogens with one attached hydrogen (secondary N) is 1. The molecule has 36 heavy (non-hydrogen) atoms. The summed E-state index contributed by atoms with van der Waals surface area (Å²) in [6.07, 6.45) is 9.63. The van der Waals surface area contributed by atoms with E-state index in [9.17, 15) is 0 Å². The highest BCUT2D eigenvalue weighted by Crippen LogP contribution is 2.41. The highest BCUT2D eigenvalue weighted by molar-refractivity contribution is 5.86. The molecule has 6 rings (SSSR count). The lowest BCUT2D eigenvalue weighted by Crippen LogP contribution is -2.38. The van der Waals surface area contributed by atoms with Crippen molar-refractivity contribution in [1.82, 2.24) is 30.0 Å². The minimum atomic E-state index is 0.394. The Balaban J connectivity index is 1.18. The lowest BCUT2D eigenvalue weighted by molar-refractivity contribution is 0.122. The number of fused-ring (bicyclic) bond motifs is 1. The molecule has 2 aliphatic carbocycles. The van der Waals surface area contributed by atoms with E-state index in [-0.39, 0.29) is 0 Å². The van der Waals surface area contributed by atoms with E-state index in [2.05, 4.69) is 45.5 Å². The van der Waals surface area contributed by atoms with E-state index >= 15 is 0 Å². The van der Waals surface area contributed by atoms with Crippen molar-refractivity contribution in [3.63, 3.8) is 0 Å². The predicted molar refractivity (Wildman–Crippen MR) is 139 cm³/mol. The Morgan fingerprint density at radius 2 is 1.81 bits per heavy atom. The smallest absolute Gasteiger partial charge is 0.227 e. The number of hydrogen-bond donors (Lipinski definition) is 1. The van der Waals surface area contributed by atoms with Crippen LogP contribution < -0.4 is 10.2 Å². The van der Waals surface area contributed by atoms with Crippen LogP contribution >= 0.6 is 0 Å². The molecule has 3 atom stereocenters. The summed E-state index contributed by atoms with van der Waals surface area (Å²) in [7, 11) is 2.12. The molecule has 2 saturated carbocycles. The average molecular weight is 494 g/mol. The first-order chi connectivity index (χ1) is 17.5. The Bertz CT molecular complexity index is 1090. The molecule has 4 heterocycles. The molecular weight excluding hydrogens is 454 g/mol. The van der Waals surface area contributed by atoms with Gasteiger partial charge in [-0.05, 0) is 58.8 Å². The molecule has 2 aromatic rings. The van der Waals surface area contributed by atoms with E-state index in [0.29, 0.717) is 30.0 Å². The molecule has 0 radical (unpaired) electrons. The maximum Gasteiger partial charge on any atom is 0.227 e. The minimum absolute atomic E-state index is 0.394. The van der Waals surface area contributed by atoms with Gasteiger partial charge in [0.05, 0.1) is 42.9 Å². The zero-order chi connectivity index (χ0) is 24.6. The Morgan fingerprint density at radius 3 is 2.56 bits per heavy atom. The number of nitrogens with zero attached hydrogens (tertiary/aromatic N) is 8. The van der Waals surface area contributed by atoms with Gasteiger partial charge >= 0.3 is 0 Å². The lowest BCUT2D eigenvalue weighted by atomic mass is 9.76. The first-order valence-electron chi connectivity index (χ1n) is 13.7. The molecule has 0 spiro atoms. The van der Waals surface area contributed by atoms with Crippen molar-refractivity contribution in [3.05, 3.63) is 23.7 Å². The van der Waals surface area contributed by atoms with Crippen molar-refractivity contribution in [2.75, 3.05) is 43.6 Å². The van der Waals surface area contributed by atoms with Crippen LogP contribution in [0, 0.1) is 12.8 Å². The number of morpholine rings is 1. The monoisotopic (exact) mass is 493 g/mol. The standard InChI is InChI=1S/C26H39N9O/c1-17-16-27-35(31-17)21-7-5-20(6-8-21)28-25-15-23(29-26(30-25)34-10-12-36-13-11-34)19-4-9-22-18(2)32-33(3)24(22)14-19/h15-16,19-22,24H,4-14H2,1-3H3,(H,28,29,30). The molecule has 0 amide bonds. The van der Waals surface area contributed by atoms with E-state index in [1.54, 1.807) is 0 Å². The van der Waals surface area contributed by atoms with Crippen LogP contribution in [0.2, 0.25) is 0 Å². The van der Waals surface area contributed by atoms with Gasteiger partial charge in [-0.15, -0.1) is 0 Å². The van der Waals surface area contributed by atoms with Crippen LogP contribution in [0.5, 0.6) is 0 Å². The van der Waals surface area contributed by atoms with Crippen LogP contribution in [-0.4, -0.2) is 81.1 Å². The van der Waals surface area contributed by atoms with Crippen molar-refractivity contribution < 1.29 is 4.74 Å². The largest absolute Gasteiger partial charge is 0.378 e. The highest BCUT2D eigenvalue weighted by atomic mass is 16.5. The molecule has 10 heteroatoms. The Labute approximate surface area is 213 Å². The zero-order valence-corrected chi connectivity index (χ0v) is 21.8. The fourth-order valence-electron chi connectivity index (χ4n) is 6.55. The molecular formula is C26H39N9O. The fourth-order valence-corrected chi connectivity index (χ4v) is 6.55. The van der Waals surface area contributed by atoms with Gasteiger partial charge in [-0.1, -0.05) is 0 Å². The molecule has 1 saturated heterocycles. The van der Waals surface area contributed by atoms with Crippen LogP contribution in [0.25, 0.3) is 0 Å². The second kappa shape index (κ2) is 9.95. The van der Waals surface area contributed by atoms with Crippen molar-refractivity contribution >= 4 is 17.5 Å². The highest BCUT2D eigenvalue weighted by Gasteiger charge is 2.39. The number of hydrogen-bond acceptors (Lipinski definition) is 9. The first-order valence-corrected chi connectivity index (χ1v) is 13.7. The predicted octanol–water partition coefficient (Wildman–Crippen LogP) is 3.38. The van der Waals surface area contributed by atoms with Crippen LogP contribution in [0.4, 0.5) is 11.8 Å². The SMILES string of the molecule is CC1=NN(C)C2CC(c3cc(NC4CCC(n5ncc(C)n5)CC4)nc(N4CCOCC4)n3)CCC12. The summed E-state index contributed by atoms with van der Waals surface area (Å²) in [5.41, 5.74) is 3.45. The maximum absolute atomic E-state index is 5.59. The molecule has 0 aromatic carbocycles. The molecule has 194 valence electrons. The van der Waals surface area contributed by atoms with E-state index in [1.807, 2.05) is 17.9 Å². The third kappa shape index (κ3) is 4.79. The van der Waals surface area contributed by atoms with Crippen LogP contribution in [0.15, 0.2) is 17.4 Å². The third-order valence-electron chi connectivity index (χ3n) is 8.59. The van der Waals surface area contributed by atoms with Gasteiger partial charge in [-0.25, -0.2) is 4.98 Å².